The summed E-state index contributed by atoms with van der Waals surface area (Å²) in [4.78, 5) is 32.9. The van der Waals surface area contributed by atoms with Crippen molar-refractivity contribution in [1.29, 1.82) is 0 Å². The average Bonchev–Trinajstić information content (AvgIpc) is 2.73. The van der Waals surface area contributed by atoms with E-state index in [1.165, 1.54) is 4.90 Å². The van der Waals surface area contributed by atoms with Gasteiger partial charge in [0.2, 0.25) is 5.91 Å². The number of carbonyl (C=O) groups is 2. The summed E-state index contributed by atoms with van der Waals surface area (Å²) in [5.41, 5.74) is 3.27. The van der Waals surface area contributed by atoms with Gasteiger partial charge in [0, 0.05) is 26.0 Å². The highest BCUT2D eigenvalue weighted by atomic mass is 16.2. The van der Waals surface area contributed by atoms with Gasteiger partial charge in [0.05, 0.1) is 17.8 Å². The molecule has 3 rings (SSSR count). The number of amides is 2. The number of benzene rings is 2. The van der Waals surface area contributed by atoms with Gasteiger partial charge in [-0.1, -0.05) is 30.3 Å². The Morgan fingerprint density at radius 3 is 2.38 bits per heavy atom. The number of anilines is 3. The Morgan fingerprint density at radius 2 is 1.66 bits per heavy atom. The van der Waals surface area contributed by atoms with Crippen LogP contribution in [0.3, 0.4) is 0 Å². The number of aryl methyl sites for hydroxylation is 1. The first kappa shape index (κ1) is 20.1. The van der Waals surface area contributed by atoms with Gasteiger partial charge in [-0.25, -0.2) is 4.98 Å². The predicted octanol–water partition coefficient (Wildman–Crippen LogP) is 3.87. The zero-order chi connectivity index (χ0) is 20.8. The van der Waals surface area contributed by atoms with Crippen molar-refractivity contribution in [2.45, 2.75) is 6.92 Å². The van der Waals surface area contributed by atoms with Crippen LogP contribution in [0.2, 0.25) is 0 Å². The monoisotopic (exact) mass is 388 g/mol. The third-order valence-corrected chi connectivity index (χ3v) is 4.55. The van der Waals surface area contributed by atoms with E-state index < -0.39 is 0 Å². The van der Waals surface area contributed by atoms with Crippen LogP contribution in [0.25, 0.3) is 0 Å². The van der Waals surface area contributed by atoms with Crippen molar-refractivity contribution in [3.05, 3.63) is 84.1 Å². The van der Waals surface area contributed by atoms with Gasteiger partial charge in [-0.15, -0.1) is 0 Å². The molecule has 29 heavy (non-hydrogen) atoms. The van der Waals surface area contributed by atoms with Crippen molar-refractivity contribution in [3.8, 4) is 0 Å². The summed E-state index contributed by atoms with van der Waals surface area (Å²) in [5.74, 6) is -0.0522. The van der Waals surface area contributed by atoms with Crippen LogP contribution in [0.4, 0.5) is 17.2 Å². The normalized spacial score (nSPS) is 10.3. The first-order chi connectivity index (χ1) is 14.0. The number of para-hydroxylation sites is 2. The second-order valence-corrected chi connectivity index (χ2v) is 6.84. The molecule has 1 heterocycles. The fourth-order valence-electron chi connectivity index (χ4n) is 3.02. The molecular weight excluding hydrogens is 364 g/mol. The van der Waals surface area contributed by atoms with Crippen LogP contribution in [0.15, 0.2) is 72.9 Å². The smallest absolute Gasteiger partial charge is 0.256 e. The Kier molecular flexibility index (Phi) is 6.24. The van der Waals surface area contributed by atoms with E-state index in [1.807, 2.05) is 73.5 Å². The van der Waals surface area contributed by atoms with E-state index in [0.717, 1.165) is 16.9 Å². The summed E-state index contributed by atoms with van der Waals surface area (Å²) >= 11 is 0. The van der Waals surface area contributed by atoms with Crippen molar-refractivity contribution in [2.24, 2.45) is 0 Å². The Bertz CT molecular complexity index is 1000. The summed E-state index contributed by atoms with van der Waals surface area (Å²) in [6.45, 7) is 1.85. The molecular formula is C23H24N4O2. The lowest BCUT2D eigenvalue weighted by Crippen LogP contribution is -2.35. The third-order valence-electron chi connectivity index (χ3n) is 4.55. The molecule has 0 spiro atoms. The first-order valence-corrected chi connectivity index (χ1v) is 9.31. The predicted molar refractivity (Wildman–Crippen MR) is 116 cm³/mol. The minimum Gasteiger partial charge on any atom is -0.344 e. The molecule has 3 aromatic rings. The minimum absolute atomic E-state index is 0.0716. The summed E-state index contributed by atoms with van der Waals surface area (Å²) in [6, 6.07) is 20.8. The molecule has 0 radical (unpaired) electrons. The van der Waals surface area contributed by atoms with E-state index in [4.69, 9.17) is 0 Å². The van der Waals surface area contributed by atoms with Gasteiger partial charge in [0.15, 0.2) is 0 Å². The Balaban J connectivity index is 1.73. The van der Waals surface area contributed by atoms with Crippen LogP contribution in [-0.2, 0) is 4.79 Å². The lowest BCUT2D eigenvalue weighted by molar-refractivity contribution is -0.116. The first-order valence-electron chi connectivity index (χ1n) is 9.31. The fraction of sp³-hybridized carbons (Fsp3) is 0.174. The van der Waals surface area contributed by atoms with Crippen LogP contribution >= 0.6 is 0 Å². The largest absolute Gasteiger partial charge is 0.344 e. The number of rotatable bonds is 6. The number of carbonyl (C=O) groups excluding carboxylic acids is 2. The van der Waals surface area contributed by atoms with E-state index in [-0.39, 0.29) is 18.4 Å². The molecule has 0 saturated heterocycles. The fourth-order valence-corrected chi connectivity index (χ4v) is 3.02. The van der Waals surface area contributed by atoms with Crippen LogP contribution in [-0.4, -0.2) is 42.3 Å². The maximum Gasteiger partial charge on any atom is 0.256 e. The zero-order valence-electron chi connectivity index (χ0n) is 16.8. The van der Waals surface area contributed by atoms with E-state index in [1.54, 1.807) is 25.4 Å². The van der Waals surface area contributed by atoms with Crippen LogP contribution in [0, 0.1) is 6.92 Å². The topological polar surface area (TPSA) is 65.5 Å². The van der Waals surface area contributed by atoms with E-state index in [9.17, 15) is 9.59 Å². The van der Waals surface area contributed by atoms with Crippen LogP contribution < -0.4 is 10.2 Å². The number of aromatic nitrogens is 1. The van der Waals surface area contributed by atoms with Crippen molar-refractivity contribution >= 4 is 29.0 Å². The standard InChI is InChI=1S/C23H24N4O2/c1-17-13-14-24-21(15-17)25-22(28)16-26(2)23(29)19-11-7-8-12-20(19)27(3)18-9-5-4-6-10-18/h4-15H,16H2,1-3H3,(H,24,25,28). The molecule has 0 aliphatic carbocycles. The molecule has 0 bridgehead atoms. The molecule has 0 aliphatic heterocycles. The van der Waals surface area contributed by atoms with Crippen molar-refractivity contribution < 1.29 is 9.59 Å². The number of hydrogen-bond acceptors (Lipinski definition) is 4. The SMILES string of the molecule is Cc1ccnc(NC(=O)CN(C)C(=O)c2ccccc2N(C)c2ccccc2)c1. The van der Waals surface area contributed by atoms with E-state index >= 15 is 0 Å². The second-order valence-electron chi connectivity index (χ2n) is 6.84. The molecule has 0 aliphatic rings. The third kappa shape index (κ3) is 4.99. The zero-order valence-corrected chi connectivity index (χ0v) is 16.8. The molecule has 2 aromatic carbocycles. The molecule has 1 N–H and O–H groups in total. The van der Waals surface area contributed by atoms with Crippen molar-refractivity contribution in [1.82, 2.24) is 9.88 Å². The summed E-state index contributed by atoms with van der Waals surface area (Å²) in [5, 5.41) is 2.73. The number of nitrogens with one attached hydrogen (secondary N) is 1. The molecule has 6 nitrogen and oxygen atoms in total. The van der Waals surface area contributed by atoms with E-state index in [0.29, 0.717) is 11.4 Å². The highest BCUT2D eigenvalue weighted by Gasteiger charge is 2.20. The quantitative estimate of drug-likeness (QED) is 0.696. The highest BCUT2D eigenvalue weighted by molar-refractivity contribution is 6.03. The maximum absolute atomic E-state index is 13.0. The van der Waals surface area contributed by atoms with Gasteiger partial charge in [0.1, 0.15) is 5.82 Å². The molecule has 1 aromatic heterocycles. The van der Waals surface area contributed by atoms with Gasteiger partial charge >= 0.3 is 0 Å². The second kappa shape index (κ2) is 9.01. The summed E-state index contributed by atoms with van der Waals surface area (Å²) < 4.78 is 0. The lowest BCUT2D eigenvalue weighted by Gasteiger charge is -2.24. The summed E-state index contributed by atoms with van der Waals surface area (Å²) in [7, 11) is 3.53. The molecule has 0 fully saturated rings. The van der Waals surface area contributed by atoms with Crippen molar-refractivity contribution in [2.75, 3.05) is 30.9 Å². The maximum atomic E-state index is 13.0. The molecule has 148 valence electrons. The molecule has 0 atom stereocenters. The number of hydrogen-bond donors (Lipinski definition) is 1. The highest BCUT2D eigenvalue weighted by Crippen LogP contribution is 2.27. The van der Waals surface area contributed by atoms with E-state index in [2.05, 4.69) is 10.3 Å². The Morgan fingerprint density at radius 1 is 0.966 bits per heavy atom. The minimum atomic E-state index is -0.298. The number of nitrogens with zero attached hydrogens (tertiary/aromatic N) is 3. The lowest BCUT2D eigenvalue weighted by atomic mass is 10.1. The Labute approximate surface area is 170 Å². The molecule has 0 unspecified atom stereocenters. The molecule has 0 saturated carbocycles. The van der Waals surface area contributed by atoms with Crippen LogP contribution in [0.5, 0.6) is 0 Å². The van der Waals surface area contributed by atoms with Gasteiger partial charge in [-0.2, -0.15) is 0 Å². The van der Waals surface area contributed by atoms with Gasteiger partial charge in [-0.05, 0) is 48.9 Å². The number of pyridine rings is 1. The number of likely N-dealkylation sites (N-methyl/N-ethyl adjacent to an activating group) is 1. The molecule has 6 heteroatoms. The summed E-state index contributed by atoms with van der Waals surface area (Å²) in [6.07, 6.45) is 1.63. The Hall–Kier alpha value is -3.67. The average molecular weight is 388 g/mol. The van der Waals surface area contributed by atoms with Crippen LogP contribution in [0.1, 0.15) is 15.9 Å². The van der Waals surface area contributed by atoms with Gasteiger partial charge in [0.25, 0.3) is 5.91 Å². The van der Waals surface area contributed by atoms with Crippen molar-refractivity contribution in [3.63, 3.8) is 0 Å². The van der Waals surface area contributed by atoms with Gasteiger partial charge < -0.3 is 15.1 Å². The van der Waals surface area contributed by atoms with Gasteiger partial charge in [-0.3, -0.25) is 9.59 Å². The molecule has 2 amide bonds.